The third-order valence-electron chi connectivity index (χ3n) is 2.23. The number of aromatic nitrogens is 1. The number of anilines is 1. The van der Waals surface area contributed by atoms with Crippen molar-refractivity contribution in [2.75, 3.05) is 5.73 Å². The molecular formula is C10H12Cl3N3. The first kappa shape index (κ1) is 15.3. The van der Waals surface area contributed by atoms with Crippen molar-refractivity contribution in [2.45, 2.75) is 6.54 Å². The second-order valence-electron chi connectivity index (χ2n) is 3.02. The van der Waals surface area contributed by atoms with Crippen LogP contribution in [-0.2, 0) is 6.54 Å². The molecule has 1 aromatic heterocycles. The molecule has 0 aliphatic rings. The second-order valence-corrected chi connectivity index (χ2v) is 3.43. The van der Waals surface area contributed by atoms with Gasteiger partial charge in [-0.05, 0) is 29.1 Å². The number of benzene rings is 1. The van der Waals surface area contributed by atoms with Crippen LogP contribution in [0.2, 0.25) is 5.02 Å². The Morgan fingerprint density at radius 3 is 2.44 bits per heavy atom. The van der Waals surface area contributed by atoms with E-state index in [4.69, 9.17) is 23.1 Å². The average Bonchev–Trinajstić information content (AvgIpc) is 2.18. The molecule has 6 heteroatoms. The summed E-state index contributed by atoms with van der Waals surface area (Å²) in [5.74, 6) is 0.508. The quantitative estimate of drug-likeness (QED) is 0.844. The molecule has 4 N–H and O–H groups in total. The summed E-state index contributed by atoms with van der Waals surface area (Å²) >= 11 is 6.01. The Bertz CT molecular complexity index is 488. The normalized spacial score (nSPS) is 9.38. The van der Waals surface area contributed by atoms with Gasteiger partial charge >= 0.3 is 0 Å². The summed E-state index contributed by atoms with van der Waals surface area (Å²) in [6.07, 6.45) is 1.66. The Labute approximate surface area is 111 Å². The maximum absolute atomic E-state index is 6.01. The molecule has 2 aromatic rings. The van der Waals surface area contributed by atoms with Crippen LogP contribution in [0.5, 0.6) is 0 Å². The molecule has 0 fully saturated rings. The summed E-state index contributed by atoms with van der Waals surface area (Å²) in [6, 6.07) is 5.53. The highest BCUT2D eigenvalue weighted by atomic mass is 35.5. The van der Waals surface area contributed by atoms with Crippen LogP contribution in [0.4, 0.5) is 5.82 Å². The van der Waals surface area contributed by atoms with E-state index in [-0.39, 0.29) is 24.8 Å². The zero-order valence-electron chi connectivity index (χ0n) is 8.31. The van der Waals surface area contributed by atoms with Crippen molar-refractivity contribution in [2.24, 2.45) is 5.73 Å². The van der Waals surface area contributed by atoms with Gasteiger partial charge in [0.15, 0.2) is 0 Å². The van der Waals surface area contributed by atoms with E-state index in [1.807, 2.05) is 12.1 Å². The van der Waals surface area contributed by atoms with Gasteiger partial charge in [-0.3, -0.25) is 0 Å². The summed E-state index contributed by atoms with van der Waals surface area (Å²) in [7, 11) is 0. The van der Waals surface area contributed by atoms with Crippen LogP contribution >= 0.6 is 36.4 Å². The average molecular weight is 281 g/mol. The van der Waals surface area contributed by atoms with Crippen molar-refractivity contribution in [1.82, 2.24) is 4.98 Å². The summed E-state index contributed by atoms with van der Waals surface area (Å²) < 4.78 is 0. The largest absolute Gasteiger partial charge is 0.383 e. The van der Waals surface area contributed by atoms with E-state index in [0.29, 0.717) is 17.4 Å². The number of nitrogens with zero attached hydrogens (tertiary/aromatic N) is 1. The highest BCUT2D eigenvalue weighted by Crippen LogP contribution is 2.27. The van der Waals surface area contributed by atoms with Gasteiger partial charge in [-0.1, -0.05) is 11.6 Å². The molecule has 1 heterocycles. The van der Waals surface area contributed by atoms with E-state index in [9.17, 15) is 0 Å². The molecule has 0 spiro atoms. The first-order valence-electron chi connectivity index (χ1n) is 4.25. The van der Waals surface area contributed by atoms with Crippen molar-refractivity contribution in [1.29, 1.82) is 0 Å². The molecule has 0 aliphatic heterocycles. The Balaban J connectivity index is 0.00000112. The molecular weight excluding hydrogens is 268 g/mol. The van der Waals surface area contributed by atoms with Crippen LogP contribution < -0.4 is 11.5 Å². The molecule has 0 aliphatic carbocycles. The highest BCUT2D eigenvalue weighted by Gasteiger charge is 2.06. The lowest BCUT2D eigenvalue weighted by atomic mass is 10.1. The molecule has 0 amide bonds. The number of hydrogen-bond donors (Lipinski definition) is 2. The van der Waals surface area contributed by atoms with Crippen molar-refractivity contribution >= 4 is 53.0 Å². The van der Waals surface area contributed by atoms with E-state index < -0.39 is 0 Å². The van der Waals surface area contributed by atoms with Crippen molar-refractivity contribution in [3.63, 3.8) is 0 Å². The highest BCUT2D eigenvalue weighted by molar-refractivity contribution is 6.32. The number of fused-ring (bicyclic) bond motifs is 1. The summed E-state index contributed by atoms with van der Waals surface area (Å²) in [5.41, 5.74) is 12.3. The lowest BCUT2D eigenvalue weighted by molar-refractivity contribution is 1.09. The smallest absolute Gasteiger partial charge is 0.131 e. The van der Waals surface area contributed by atoms with E-state index in [1.165, 1.54) is 0 Å². The SMILES string of the molecule is Cl.Cl.NCc1c(Cl)ccc2c(N)nccc12. The first-order valence-corrected chi connectivity index (χ1v) is 4.63. The number of nitrogen functional groups attached to an aromatic ring is 1. The second kappa shape index (κ2) is 6.11. The molecule has 0 radical (unpaired) electrons. The Morgan fingerprint density at radius 2 is 1.81 bits per heavy atom. The first-order chi connectivity index (χ1) is 6.74. The number of pyridine rings is 1. The number of hydrogen-bond acceptors (Lipinski definition) is 3. The molecule has 0 atom stereocenters. The molecule has 0 bridgehead atoms. The fraction of sp³-hybridized carbons (Fsp3) is 0.100. The molecule has 3 nitrogen and oxygen atoms in total. The monoisotopic (exact) mass is 279 g/mol. The zero-order valence-corrected chi connectivity index (χ0v) is 10.7. The predicted molar refractivity (Wildman–Crippen MR) is 73.6 cm³/mol. The fourth-order valence-corrected chi connectivity index (χ4v) is 1.76. The van der Waals surface area contributed by atoms with Gasteiger partial charge in [0.05, 0.1) is 0 Å². The van der Waals surface area contributed by atoms with Crippen LogP contribution in [0, 0.1) is 0 Å². The van der Waals surface area contributed by atoms with Crippen molar-refractivity contribution in [3.8, 4) is 0 Å². The van der Waals surface area contributed by atoms with Gasteiger partial charge in [0.25, 0.3) is 0 Å². The third kappa shape index (κ3) is 2.50. The number of nitrogens with two attached hydrogens (primary N) is 2. The summed E-state index contributed by atoms with van der Waals surface area (Å²) in [4.78, 5) is 4.01. The van der Waals surface area contributed by atoms with Crippen LogP contribution in [0.3, 0.4) is 0 Å². The van der Waals surface area contributed by atoms with Gasteiger partial charge in [-0.2, -0.15) is 0 Å². The van der Waals surface area contributed by atoms with E-state index in [2.05, 4.69) is 4.98 Å². The van der Waals surface area contributed by atoms with Gasteiger partial charge in [0, 0.05) is 23.2 Å². The molecule has 1 aromatic carbocycles. The van der Waals surface area contributed by atoms with Crippen LogP contribution in [0.25, 0.3) is 10.8 Å². The number of rotatable bonds is 1. The summed E-state index contributed by atoms with van der Waals surface area (Å²) in [5, 5.41) is 2.55. The predicted octanol–water partition coefficient (Wildman–Crippen LogP) is 2.77. The Morgan fingerprint density at radius 1 is 1.12 bits per heavy atom. The minimum absolute atomic E-state index is 0. The summed E-state index contributed by atoms with van der Waals surface area (Å²) in [6.45, 7) is 0.402. The van der Waals surface area contributed by atoms with Crippen LogP contribution in [0.1, 0.15) is 5.56 Å². The maximum atomic E-state index is 6.01. The molecule has 0 saturated heterocycles. The van der Waals surface area contributed by atoms with Gasteiger partial charge in [-0.25, -0.2) is 4.98 Å². The standard InChI is InChI=1S/C10H10ClN3.2ClH/c11-9-2-1-7-6(8(9)5-12)3-4-14-10(7)13;;/h1-4H,5,12H2,(H2,13,14);2*1H. The van der Waals surface area contributed by atoms with Crippen molar-refractivity contribution < 1.29 is 0 Å². The maximum Gasteiger partial charge on any atom is 0.131 e. The Kier molecular flexibility index (Phi) is 5.83. The van der Waals surface area contributed by atoms with Gasteiger partial charge in [-0.15, -0.1) is 24.8 Å². The molecule has 88 valence electrons. The number of halogens is 3. The van der Waals surface area contributed by atoms with E-state index in [1.54, 1.807) is 12.3 Å². The van der Waals surface area contributed by atoms with Gasteiger partial charge in [0.1, 0.15) is 5.82 Å². The Hall–Kier alpha value is -0.740. The lowest BCUT2D eigenvalue weighted by Crippen LogP contribution is -2.00. The topological polar surface area (TPSA) is 64.9 Å². The fourth-order valence-electron chi connectivity index (χ4n) is 1.52. The van der Waals surface area contributed by atoms with E-state index >= 15 is 0 Å². The van der Waals surface area contributed by atoms with Gasteiger partial charge < -0.3 is 11.5 Å². The lowest BCUT2D eigenvalue weighted by Gasteiger charge is -2.07. The van der Waals surface area contributed by atoms with E-state index in [0.717, 1.165) is 16.3 Å². The molecule has 16 heavy (non-hydrogen) atoms. The van der Waals surface area contributed by atoms with Crippen LogP contribution in [0.15, 0.2) is 24.4 Å². The zero-order chi connectivity index (χ0) is 10.1. The van der Waals surface area contributed by atoms with Crippen molar-refractivity contribution in [3.05, 3.63) is 35.0 Å². The molecule has 2 rings (SSSR count). The van der Waals surface area contributed by atoms with Gasteiger partial charge in [0.2, 0.25) is 0 Å². The molecule has 0 saturated carbocycles. The van der Waals surface area contributed by atoms with Crippen LogP contribution in [-0.4, -0.2) is 4.98 Å². The minimum atomic E-state index is 0. The minimum Gasteiger partial charge on any atom is -0.383 e. The molecule has 0 unspecified atom stereocenters. The third-order valence-corrected chi connectivity index (χ3v) is 2.59.